The van der Waals surface area contributed by atoms with Crippen LogP contribution in [0.5, 0.6) is 0 Å². The molecule has 0 aliphatic carbocycles. The molecule has 0 aliphatic rings. The van der Waals surface area contributed by atoms with Crippen molar-refractivity contribution in [3.05, 3.63) is 35.1 Å². The first-order chi connectivity index (χ1) is 8.77. The number of nitrogens with zero attached hydrogens (tertiary/aromatic N) is 3. The summed E-state index contributed by atoms with van der Waals surface area (Å²) in [6.07, 6.45) is 5.13. The summed E-state index contributed by atoms with van der Waals surface area (Å²) in [6, 6.07) is -0.119. The molecule has 2 rings (SSSR count). The molecule has 6 nitrogen and oxygen atoms in total. The van der Waals surface area contributed by atoms with Gasteiger partial charge in [0, 0.05) is 19.5 Å². The standard InChI is InChI=1S/C11H16ClN5O/c1-13-9(11-14-3-4-15-11)10-8(12)7-16-17(10)5-6-18-2/h3-4,7,9,13H,5-6H2,1-2H3,(H,14,15). The van der Waals surface area contributed by atoms with E-state index >= 15 is 0 Å². The van der Waals surface area contributed by atoms with Crippen LogP contribution in [-0.2, 0) is 11.3 Å². The molecule has 0 amide bonds. The van der Waals surface area contributed by atoms with Gasteiger partial charge in [0.25, 0.3) is 0 Å². The molecule has 0 aromatic carbocycles. The van der Waals surface area contributed by atoms with Gasteiger partial charge in [0.05, 0.1) is 30.1 Å². The van der Waals surface area contributed by atoms with Gasteiger partial charge in [0.1, 0.15) is 11.9 Å². The van der Waals surface area contributed by atoms with Crippen LogP contribution >= 0.6 is 11.6 Å². The van der Waals surface area contributed by atoms with Gasteiger partial charge >= 0.3 is 0 Å². The minimum atomic E-state index is -0.119. The summed E-state index contributed by atoms with van der Waals surface area (Å²) in [5, 5.41) is 8.05. The van der Waals surface area contributed by atoms with Crippen molar-refractivity contribution in [2.24, 2.45) is 0 Å². The first-order valence-electron chi connectivity index (χ1n) is 5.64. The van der Waals surface area contributed by atoms with Crippen molar-refractivity contribution in [2.45, 2.75) is 12.6 Å². The van der Waals surface area contributed by atoms with Crippen molar-refractivity contribution in [3.63, 3.8) is 0 Å². The van der Waals surface area contributed by atoms with Crippen LogP contribution in [0.3, 0.4) is 0 Å². The lowest BCUT2D eigenvalue weighted by molar-refractivity contribution is 0.182. The molecule has 2 heterocycles. The van der Waals surface area contributed by atoms with Crippen molar-refractivity contribution >= 4 is 11.6 Å². The summed E-state index contributed by atoms with van der Waals surface area (Å²) in [4.78, 5) is 7.34. The van der Waals surface area contributed by atoms with E-state index < -0.39 is 0 Å². The molecule has 1 atom stereocenters. The second-order valence-electron chi connectivity index (χ2n) is 3.79. The summed E-state index contributed by atoms with van der Waals surface area (Å²) < 4.78 is 6.90. The third kappa shape index (κ3) is 2.55. The average Bonchev–Trinajstić information content (AvgIpc) is 3.00. The fraction of sp³-hybridized carbons (Fsp3) is 0.455. The Balaban J connectivity index is 2.32. The molecule has 0 saturated carbocycles. The van der Waals surface area contributed by atoms with E-state index in [-0.39, 0.29) is 6.04 Å². The zero-order chi connectivity index (χ0) is 13.0. The molecule has 0 radical (unpaired) electrons. The van der Waals surface area contributed by atoms with Crippen molar-refractivity contribution in [2.75, 3.05) is 20.8 Å². The minimum absolute atomic E-state index is 0.119. The van der Waals surface area contributed by atoms with E-state index in [1.807, 2.05) is 11.7 Å². The van der Waals surface area contributed by atoms with E-state index in [0.29, 0.717) is 18.2 Å². The summed E-state index contributed by atoms with van der Waals surface area (Å²) in [5.41, 5.74) is 0.881. The normalized spacial score (nSPS) is 12.8. The van der Waals surface area contributed by atoms with Crippen LogP contribution in [0, 0.1) is 0 Å². The number of hydrogen-bond acceptors (Lipinski definition) is 4. The number of H-pyrrole nitrogens is 1. The second-order valence-corrected chi connectivity index (χ2v) is 4.20. The number of ether oxygens (including phenoxy) is 1. The monoisotopic (exact) mass is 269 g/mol. The molecular formula is C11H16ClN5O. The SMILES string of the molecule is CNC(c1ncc[nH]1)c1c(Cl)cnn1CCOC. The van der Waals surface area contributed by atoms with Gasteiger partial charge in [0.15, 0.2) is 0 Å². The Kier molecular flexibility index (Phi) is 4.35. The summed E-state index contributed by atoms with van der Waals surface area (Å²) in [7, 11) is 3.52. The van der Waals surface area contributed by atoms with Crippen LogP contribution in [0.4, 0.5) is 0 Å². The molecule has 2 aromatic rings. The fourth-order valence-corrected chi connectivity index (χ4v) is 2.10. The summed E-state index contributed by atoms with van der Waals surface area (Å²) in [5.74, 6) is 0.804. The Hall–Kier alpha value is -1.37. The summed E-state index contributed by atoms with van der Waals surface area (Å²) in [6.45, 7) is 1.23. The highest BCUT2D eigenvalue weighted by atomic mass is 35.5. The van der Waals surface area contributed by atoms with Gasteiger partial charge < -0.3 is 15.0 Å². The molecule has 0 fully saturated rings. The molecule has 1 unspecified atom stereocenters. The number of rotatable bonds is 6. The van der Waals surface area contributed by atoms with E-state index in [9.17, 15) is 0 Å². The maximum Gasteiger partial charge on any atom is 0.129 e. The predicted octanol–water partition coefficient (Wildman–Crippen LogP) is 1.21. The van der Waals surface area contributed by atoms with Gasteiger partial charge in [-0.3, -0.25) is 4.68 Å². The van der Waals surface area contributed by atoms with Crippen molar-refractivity contribution < 1.29 is 4.74 Å². The number of methoxy groups -OCH3 is 1. The van der Waals surface area contributed by atoms with E-state index in [1.165, 1.54) is 0 Å². The average molecular weight is 270 g/mol. The van der Waals surface area contributed by atoms with Gasteiger partial charge in [-0.2, -0.15) is 5.10 Å². The molecule has 0 bridgehead atoms. The van der Waals surface area contributed by atoms with Crippen LogP contribution in [-0.4, -0.2) is 40.5 Å². The quantitative estimate of drug-likeness (QED) is 0.827. The Morgan fingerprint density at radius 2 is 2.44 bits per heavy atom. The van der Waals surface area contributed by atoms with Crippen LogP contribution in [0.1, 0.15) is 17.6 Å². The zero-order valence-corrected chi connectivity index (χ0v) is 11.1. The van der Waals surface area contributed by atoms with Gasteiger partial charge in [0.2, 0.25) is 0 Å². The van der Waals surface area contributed by atoms with Crippen molar-refractivity contribution in [1.29, 1.82) is 0 Å². The van der Waals surface area contributed by atoms with Crippen LogP contribution in [0.15, 0.2) is 18.6 Å². The van der Waals surface area contributed by atoms with E-state index in [2.05, 4.69) is 20.4 Å². The highest BCUT2D eigenvalue weighted by Gasteiger charge is 2.22. The molecule has 0 saturated heterocycles. The molecular weight excluding hydrogens is 254 g/mol. The van der Waals surface area contributed by atoms with Crippen LogP contribution in [0.25, 0.3) is 0 Å². The Morgan fingerprint density at radius 3 is 3.06 bits per heavy atom. The van der Waals surface area contributed by atoms with E-state index in [4.69, 9.17) is 16.3 Å². The Bertz CT molecular complexity index is 482. The topological polar surface area (TPSA) is 67.8 Å². The highest BCUT2D eigenvalue weighted by Crippen LogP contribution is 2.26. The lowest BCUT2D eigenvalue weighted by Crippen LogP contribution is -2.24. The third-order valence-electron chi connectivity index (χ3n) is 2.70. The number of halogens is 1. The Labute approximate surface area is 110 Å². The lowest BCUT2D eigenvalue weighted by Gasteiger charge is -2.16. The van der Waals surface area contributed by atoms with E-state index in [0.717, 1.165) is 11.5 Å². The van der Waals surface area contributed by atoms with Crippen molar-refractivity contribution in [3.8, 4) is 0 Å². The van der Waals surface area contributed by atoms with Crippen molar-refractivity contribution in [1.82, 2.24) is 25.1 Å². The maximum atomic E-state index is 6.21. The van der Waals surface area contributed by atoms with E-state index in [1.54, 1.807) is 25.7 Å². The maximum absolute atomic E-state index is 6.21. The van der Waals surface area contributed by atoms with Gasteiger partial charge in [-0.1, -0.05) is 11.6 Å². The number of aromatic nitrogens is 4. The van der Waals surface area contributed by atoms with Gasteiger partial charge in [-0.25, -0.2) is 4.98 Å². The number of imidazole rings is 1. The molecule has 98 valence electrons. The highest BCUT2D eigenvalue weighted by molar-refractivity contribution is 6.31. The first kappa shape index (κ1) is 13.1. The number of nitrogens with one attached hydrogen (secondary N) is 2. The molecule has 2 N–H and O–H groups in total. The summed E-state index contributed by atoms with van der Waals surface area (Å²) >= 11 is 6.21. The minimum Gasteiger partial charge on any atom is -0.383 e. The lowest BCUT2D eigenvalue weighted by atomic mass is 10.2. The second kappa shape index (κ2) is 5.99. The molecule has 18 heavy (non-hydrogen) atoms. The van der Waals surface area contributed by atoms with Gasteiger partial charge in [-0.05, 0) is 7.05 Å². The first-order valence-corrected chi connectivity index (χ1v) is 6.02. The number of aromatic amines is 1. The molecule has 0 aliphatic heterocycles. The van der Waals surface area contributed by atoms with Gasteiger partial charge in [-0.15, -0.1) is 0 Å². The van der Waals surface area contributed by atoms with Crippen LogP contribution < -0.4 is 5.32 Å². The number of hydrogen-bond donors (Lipinski definition) is 2. The molecule has 0 spiro atoms. The molecule has 2 aromatic heterocycles. The molecule has 7 heteroatoms. The smallest absolute Gasteiger partial charge is 0.129 e. The Morgan fingerprint density at radius 1 is 1.61 bits per heavy atom. The zero-order valence-electron chi connectivity index (χ0n) is 10.4. The third-order valence-corrected chi connectivity index (χ3v) is 2.99. The van der Waals surface area contributed by atoms with Crippen LogP contribution in [0.2, 0.25) is 5.02 Å². The predicted molar refractivity (Wildman–Crippen MR) is 68.6 cm³/mol. The largest absolute Gasteiger partial charge is 0.383 e. The fourth-order valence-electron chi connectivity index (χ4n) is 1.85.